The van der Waals surface area contributed by atoms with Crippen molar-refractivity contribution in [2.75, 3.05) is 29.4 Å². The molecule has 0 N–H and O–H groups in total. The number of benzene rings is 1. The van der Waals surface area contributed by atoms with E-state index in [1.165, 1.54) is 6.07 Å². The van der Waals surface area contributed by atoms with Gasteiger partial charge in [-0.1, -0.05) is 6.07 Å². The number of nitriles is 1. The van der Waals surface area contributed by atoms with Gasteiger partial charge in [-0.25, -0.2) is 14.4 Å². The van der Waals surface area contributed by atoms with Crippen LogP contribution in [0.1, 0.15) is 24.0 Å². The van der Waals surface area contributed by atoms with Gasteiger partial charge in [-0.2, -0.15) is 5.26 Å². The van der Waals surface area contributed by atoms with E-state index in [4.69, 9.17) is 0 Å². The molecule has 2 fully saturated rings. The standard InChI is InChI=1S/C19H20FN5/c1-13-10-22-19(23-11-13)24-7-5-14-6-8-25(17(14)12-24)18-15(9-21)3-2-4-16(18)20/h2-4,10-11,14,17H,5-8,12H2,1H3. The minimum Gasteiger partial charge on any atom is -0.363 e. The Morgan fingerprint density at radius 1 is 1.20 bits per heavy atom. The second-order valence-electron chi connectivity index (χ2n) is 6.85. The quantitative estimate of drug-likeness (QED) is 0.843. The number of piperidine rings is 1. The van der Waals surface area contributed by atoms with Crippen LogP contribution in [0, 0.1) is 30.0 Å². The lowest BCUT2D eigenvalue weighted by atomic mass is 9.92. The third-order valence-electron chi connectivity index (χ3n) is 5.31. The number of nitrogens with zero attached hydrogens (tertiary/aromatic N) is 5. The molecule has 0 amide bonds. The Morgan fingerprint density at radius 2 is 1.96 bits per heavy atom. The molecule has 2 aliphatic heterocycles. The lowest BCUT2D eigenvalue weighted by molar-refractivity contribution is 0.386. The summed E-state index contributed by atoms with van der Waals surface area (Å²) < 4.78 is 14.5. The smallest absolute Gasteiger partial charge is 0.225 e. The van der Waals surface area contributed by atoms with E-state index >= 15 is 0 Å². The molecule has 3 heterocycles. The van der Waals surface area contributed by atoms with Crippen molar-refractivity contribution in [1.29, 1.82) is 5.26 Å². The number of aryl methyl sites for hydroxylation is 1. The molecule has 6 heteroatoms. The number of halogens is 1. The SMILES string of the molecule is Cc1cnc(N2CCC3CCN(c4c(F)cccc4C#N)C3C2)nc1. The van der Waals surface area contributed by atoms with Gasteiger partial charge in [-0.15, -0.1) is 0 Å². The van der Waals surface area contributed by atoms with Gasteiger partial charge in [0.15, 0.2) is 0 Å². The Bertz CT molecular complexity index is 814. The van der Waals surface area contributed by atoms with Crippen LogP contribution in [0.25, 0.3) is 0 Å². The van der Waals surface area contributed by atoms with E-state index in [1.807, 2.05) is 19.3 Å². The zero-order valence-electron chi connectivity index (χ0n) is 14.2. The number of para-hydroxylation sites is 1. The van der Waals surface area contributed by atoms with Crippen molar-refractivity contribution in [2.24, 2.45) is 5.92 Å². The average molecular weight is 337 g/mol. The molecule has 0 bridgehead atoms. The monoisotopic (exact) mass is 337 g/mol. The van der Waals surface area contributed by atoms with Gasteiger partial charge in [-0.3, -0.25) is 0 Å². The van der Waals surface area contributed by atoms with E-state index in [0.29, 0.717) is 17.2 Å². The Labute approximate surface area is 146 Å². The summed E-state index contributed by atoms with van der Waals surface area (Å²) >= 11 is 0. The molecule has 2 aliphatic rings. The first-order valence-electron chi connectivity index (χ1n) is 8.66. The summed E-state index contributed by atoms with van der Waals surface area (Å²) in [6.45, 7) is 4.43. The van der Waals surface area contributed by atoms with Crippen LogP contribution in [-0.4, -0.2) is 35.6 Å². The third-order valence-corrected chi connectivity index (χ3v) is 5.31. The highest BCUT2D eigenvalue weighted by molar-refractivity contribution is 5.62. The Balaban J connectivity index is 1.63. The maximum Gasteiger partial charge on any atom is 0.225 e. The number of hydrogen-bond acceptors (Lipinski definition) is 5. The normalized spacial score (nSPS) is 22.6. The van der Waals surface area contributed by atoms with Crippen LogP contribution in [0.15, 0.2) is 30.6 Å². The Kier molecular flexibility index (Phi) is 4.00. The second-order valence-corrected chi connectivity index (χ2v) is 6.85. The molecule has 0 spiro atoms. The fourth-order valence-corrected chi connectivity index (χ4v) is 4.05. The van der Waals surface area contributed by atoms with Gasteiger partial charge in [0, 0.05) is 38.1 Å². The average Bonchev–Trinajstić information content (AvgIpc) is 3.05. The highest BCUT2D eigenvalue weighted by Gasteiger charge is 2.40. The molecule has 4 rings (SSSR count). The van der Waals surface area contributed by atoms with Gasteiger partial charge in [0.2, 0.25) is 5.95 Å². The van der Waals surface area contributed by atoms with Crippen LogP contribution in [0.3, 0.4) is 0 Å². The largest absolute Gasteiger partial charge is 0.363 e. The number of rotatable bonds is 2. The number of fused-ring (bicyclic) bond motifs is 1. The van der Waals surface area contributed by atoms with Crippen LogP contribution in [-0.2, 0) is 0 Å². The summed E-state index contributed by atoms with van der Waals surface area (Å²) in [5, 5.41) is 9.38. The molecule has 128 valence electrons. The van der Waals surface area contributed by atoms with Crippen molar-refractivity contribution >= 4 is 11.6 Å². The first-order valence-corrected chi connectivity index (χ1v) is 8.66. The molecule has 0 aliphatic carbocycles. The van der Waals surface area contributed by atoms with Crippen molar-refractivity contribution in [3.05, 3.63) is 47.5 Å². The molecule has 0 radical (unpaired) electrons. The minimum absolute atomic E-state index is 0.183. The maximum absolute atomic E-state index is 14.5. The van der Waals surface area contributed by atoms with Crippen LogP contribution in [0.4, 0.5) is 16.0 Å². The van der Waals surface area contributed by atoms with Gasteiger partial charge in [0.25, 0.3) is 0 Å². The van der Waals surface area contributed by atoms with Crippen LogP contribution < -0.4 is 9.80 Å². The summed E-state index contributed by atoms with van der Waals surface area (Å²) in [7, 11) is 0. The Morgan fingerprint density at radius 3 is 2.72 bits per heavy atom. The highest BCUT2D eigenvalue weighted by Crippen LogP contribution is 2.38. The van der Waals surface area contributed by atoms with Gasteiger partial charge in [0.05, 0.1) is 11.3 Å². The number of aromatic nitrogens is 2. The third kappa shape index (κ3) is 2.80. The molecule has 2 atom stereocenters. The van der Waals surface area contributed by atoms with E-state index in [9.17, 15) is 9.65 Å². The minimum atomic E-state index is -0.316. The van der Waals surface area contributed by atoms with Crippen LogP contribution in [0.2, 0.25) is 0 Å². The summed E-state index contributed by atoms with van der Waals surface area (Å²) in [5.41, 5.74) is 1.89. The molecule has 2 saturated heterocycles. The summed E-state index contributed by atoms with van der Waals surface area (Å²) in [6, 6.07) is 7.04. The molecule has 1 aromatic carbocycles. The Hall–Kier alpha value is -2.68. The van der Waals surface area contributed by atoms with E-state index in [1.54, 1.807) is 12.1 Å². The van der Waals surface area contributed by atoms with Crippen molar-refractivity contribution in [2.45, 2.75) is 25.8 Å². The van der Waals surface area contributed by atoms with Gasteiger partial charge < -0.3 is 9.80 Å². The lowest BCUT2D eigenvalue weighted by Crippen LogP contribution is -2.49. The molecule has 5 nitrogen and oxygen atoms in total. The molecular formula is C19H20FN5. The topological polar surface area (TPSA) is 56.1 Å². The van der Waals surface area contributed by atoms with Crippen LogP contribution in [0.5, 0.6) is 0 Å². The van der Waals surface area contributed by atoms with Crippen LogP contribution >= 0.6 is 0 Å². The van der Waals surface area contributed by atoms with Crippen molar-refractivity contribution in [3.8, 4) is 6.07 Å². The van der Waals surface area contributed by atoms with Crippen molar-refractivity contribution < 1.29 is 4.39 Å². The predicted octanol–water partition coefficient (Wildman–Crippen LogP) is 2.90. The lowest BCUT2D eigenvalue weighted by Gasteiger charge is -2.39. The fourth-order valence-electron chi connectivity index (χ4n) is 4.05. The van der Waals surface area contributed by atoms with Gasteiger partial charge in [-0.05, 0) is 43.4 Å². The summed E-state index contributed by atoms with van der Waals surface area (Å²) in [6.07, 6.45) is 5.72. The number of anilines is 2. The first kappa shape index (κ1) is 15.8. The van der Waals surface area contributed by atoms with Crippen molar-refractivity contribution in [1.82, 2.24) is 9.97 Å². The summed E-state index contributed by atoms with van der Waals surface area (Å²) in [4.78, 5) is 13.1. The molecule has 2 unspecified atom stereocenters. The zero-order chi connectivity index (χ0) is 17.4. The van der Waals surface area contributed by atoms with Gasteiger partial charge in [0.1, 0.15) is 11.9 Å². The zero-order valence-corrected chi connectivity index (χ0v) is 14.2. The summed E-state index contributed by atoms with van der Waals surface area (Å²) in [5.74, 6) is 0.932. The van der Waals surface area contributed by atoms with E-state index in [0.717, 1.165) is 44.0 Å². The van der Waals surface area contributed by atoms with E-state index < -0.39 is 0 Å². The maximum atomic E-state index is 14.5. The second kappa shape index (κ2) is 6.32. The van der Waals surface area contributed by atoms with Crippen molar-refractivity contribution in [3.63, 3.8) is 0 Å². The fraction of sp³-hybridized carbons (Fsp3) is 0.421. The number of hydrogen-bond donors (Lipinski definition) is 0. The van der Waals surface area contributed by atoms with E-state index in [2.05, 4.69) is 25.8 Å². The highest BCUT2D eigenvalue weighted by atomic mass is 19.1. The molecular weight excluding hydrogens is 317 g/mol. The molecule has 1 aromatic heterocycles. The molecule has 2 aromatic rings. The van der Waals surface area contributed by atoms with Gasteiger partial charge >= 0.3 is 0 Å². The molecule has 0 saturated carbocycles. The first-order chi connectivity index (χ1) is 12.2. The van der Waals surface area contributed by atoms with E-state index in [-0.39, 0.29) is 11.9 Å². The predicted molar refractivity (Wildman–Crippen MR) is 94.0 cm³/mol. The molecule has 25 heavy (non-hydrogen) atoms.